The third-order valence-electron chi connectivity index (χ3n) is 6.12. The van der Waals surface area contributed by atoms with Crippen LogP contribution in [0.15, 0.2) is 93.2 Å². The maximum atomic E-state index is 13.6. The molecule has 3 N–H and O–H groups in total. The minimum Gasteiger partial charge on any atom is -0.468 e. The highest BCUT2D eigenvalue weighted by Gasteiger charge is 2.36. The number of nitriles is 1. The number of benzene rings is 2. The van der Waals surface area contributed by atoms with Crippen molar-refractivity contribution >= 4 is 76.9 Å². The number of fused-ring (bicyclic) bond motifs is 2. The molecule has 0 aliphatic carbocycles. The summed E-state index contributed by atoms with van der Waals surface area (Å²) in [4.78, 5) is 35.3. The average molecular weight is 585 g/mol. The second-order valence-electron chi connectivity index (χ2n) is 8.73. The molecule has 1 aliphatic heterocycles. The molecule has 1 atom stereocenters. The van der Waals surface area contributed by atoms with Crippen molar-refractivity contribution in [2.24, 2.45) is 0 Å². The summed E-state index contributed by atoms with van der Waals surface area (Å²) >= 11 is 3.95. The number of nitrogens with zero attached hydrogens (tertiary/aromatic N) is 3. The van der Waals surface area contributed by atoms with E-state index in [1.165, 1.54) is 40.7 Å². The van der Waals surface area contributed by atoms with Crippen molar-refractivity contribution in [1.82, 2.24) is 15.3 Å². The molecule has 0 fully saturated rings. The molecule has 40 heavy (non-hydrogen) atoms. The maximum absolute atomic E-state index is 13.6. The number of nitrogens with one attached hydrogen (secondary N) is 3. The predicted molar refractivity (Wildman–Crippen MR) is 159 cm³/mol. The van der Waals surface area contributed by atoms with E-state index in [0.717, 1.165) is 20.4 Å². The molecule has 0 saturated carbocycles. The minimum atomic E-state index is -0.759. The Hall–Kier alpha value is -4.44. The summed E-state index contributed by atoms with van der Waals surface area (Å²) in [5.74, 6) is -0.925. The van der Waals surface area contributed by atoms with Gasteiger partial charge in [0.1, 0.15) is 5.76 Å². The van der Waals surface area contributed by atoms with E-state index in [2.05, 4.69) is 32.0 Å². The van der Waals surface area contributed by atoms with E-state index >= 15 is 0 Å². The molecule has 0 bridgehead atoms. The number of carbonyl (C=O) groups excluding carboxylic acids is 2. The van der Waals surface area contributed by atoms with Crippen LogP contribution in [0.3, 0.4) is 0 Å². The number of carbonyl (C=O) groups is 2. The second kappa shape index (κ2) is 11.0. The van der Waals surface area contributed by atoms with Gasteiger partial charge in [-0.05, 0) is 43.3 Å². The summed E-state index contributed by atoms with van der Waals surface area (Å²) in [7, 11) is 0. The number of thiazole rings is 2. The zero-order chi connectivity index (χ0) is 27.6. The fourth-order valence-corrected chi connectivity index (χ4v) is 7.01. The third-order valence-corrected chi connectivity index (χ3v) is 9.04. The fourth-order valence-electron chi connectivity index (χ4n) is 4.38. The van der Waals surface area contributed by atoms with Gasteiger partial charge >= 0.3 is 0 Å². The summed E-state index contributed by atoms with van der Waals surface area (Å²) in [6.07, 6.45) is 1.50. The standard InChI is InChI=1S/C28H20N6O3S3/c1-15-23(25(36)34-28-32-18-8-3-5-11-21(18)40-28)24(19-9-6-12-37-19)16(13-29)26(30-15)38-14-22(35)33-27-31-17-7-2-4-10-20(17)39-27/h2-12,24,30H,14H2,1H3,(H,31,33,35)(H,32,34,36)/t24-/m0/s1. The molecule has 0 unspecified atom stereocenters. The molecular weight excluding hydrogens is 565 g/mol. The van der Waals surface area contributed by atoms with Crippen LogP contribution in [-0.4, -0.2) is 27.5 Å². The van der Waals surface area contributed by atoms with Crippen molar-refractivity contribution in [3.8, 4) is 6.07 Å². The molecule has 2 aromatic carbocycles. The van der Waals surface area contributed by atoms with Gasteiger partial charge < -0.3 is 15.1 Å². The van der Waals surface area contributed by atoms with Crippen LogP contribution in [-0.2, 0) is 9.59 Å². The lowest BCUT2D eigenvalue weighted by Gasteiger charge is -2.28. The van der Waals surface area contributed by atoms with Gasteiger partial charge in [-0.1, -0.05) is 58.7 Å². The van der Waals surface area contributed by atoms with Crippen molar-refractivity contribution in [3.63, 3.8) is 0 Å². The normalized spacial score (nSPS) is 15.2. The Morgan fingerprint density at radius 2 is 1.65 bits per heavy atom. The highest BCUT2D eigenvalue weighted by atomic mass is 32.2. The zero-order valence-corrected chi connectivity index (χ0v) is 23.4. The number of aromatic nitrogens is 2. The molecule has 0 spiro atoms. The Bertz CT molecular complexity index is 1800. The van der Waals surface area contributed by atoms with E-state index in [1.54, 1.807) is 19.1 Å². The first-order valence-electron chi connectivity index (χ1n) is 12.1. The predicted octanol–water partition coefficient (Wildman–Crippen LogP) is 6.21. The van der Waals surface area contributed by atoms with Crippen LogP contribution in [0, 0.1) is 11.3 Å². The Balaban J connectivity index is 1.23. The van der Waals surface area contributed by atoms with E-state index in [1.807, 2.05) is 48.5 Å². The summed E-state index contributed by atoms with van der Waals surface area (Å²) in [6.45, 7) is 1.76. The number of furan rings is 1. The zero-order valence-electron chi connectivity index (χ0n) is 20.9. The SMILES string of the molecule is CC1=C(C(=O)Nc2nc3ccccc3s2)[C@H](c2ccco2)C(C#N)=C(SCC(=O)Nc2nc3ccccc3s2)N1. The molecule has 3 aromatic heterocycles. The maximum Gasteiger partial charge on any atom is 0.256 e. The lowest BCUT2D eigenvalue weighted by atomic mass is 9.85. The summed E-state index contributed by atoms with van der Waals surface area (Å²) < 4.78 is 7.61. The third kappa shape index (κ3) is 5.10. The molecule has 0 radical (unpaired) electrons. The lowest BCUT2D eigenvalue weighted by Crippen LogP contribution is -2.31. The van der Waals surface area contributed by atoms with E-state index in [0.29, 0.717) is 32.3 Å². The number of hydrogen-bond donors (Lipinski definition) is 3. The minimum absolute atomic E-state index is 0.0365. The van der Waals surface area contributed by atoms with Gasteiger partial charge in [-0.25, -0.2) is 9.97 Å². The first-order chi connectivity index (χ1) is 19.5. The smallest absolute Gasteiger partial charge is 0.256 e. The van der Waals surface area contributed by atoms with Crippen LogP contribution in [0.2, 0.25) is 0 Å². The van der Waals surface area contributed by atoms with E-state index in [-0.39, 0.29) is 17.2 Å². The van der Waals surface area contributed by atoms with Crippen LogP contribution >= 0.6 is 34.4 Å². The molecule has 198 valence electrons. The van der Waals surface area contributed by atoms with E-state index in [4.69, 9.17) is 4.42 Å². The van der Waals surface area contributed by atoms with Crippen LogP contribution < -0.4 is 16.0 Å². The summed E-state index contributed by atoms with van der Waals surface area (Å²) in [5, 5.41) is 20.6. The highest BCUT2D eigenvalue weighted by Crippen LogP contribution is 2.41. The molecule has 1 aliphatic rings. The lowest BCUT2D eigenvalue weighted by molar-refractivity contribution is -0.114. The van der Waals surface area contributed by atoms with Gasteiger partial charge in [-0.15, -0.1) is 0 Å². The Labute approximate surface area is 240 Å². The molecule has 4 heterocycles. The summed E-state index contributed by atoms with van der Waals surface area (Å²) in [6, 6.07) is 21.0. The summed E-state index contributed by atoms with van der Waals surface area (Å²) in [5.41, 5.74) is 2.78. The highest BCUT2D eigenvalue weighted by molar-refractivity contribution is 8.03. The van der Waals surface area contributed by atoms with Crippen LogP contribution in [0.4, 0.5) is 10.3 Å². The van der Waals surface area contributed by atoms with Gasteiger partial charge in [0.15, 0.2) is 10.3 Å². The molecule has 9 nitrogen and oxygen atoms in total. The molecule has 2 amide bonds. The average Bonchev–Trinajstić information content (AvgIpc) is 3.70. The number of amides is 2. The number of hydrogen-bond acceptors (Lipinski definition) is 10. The van der Waals surface area contributed by atoms with E-state index in [9.17, 15) is 14.9 Å². The van der Waals surface area contributed by atoms with Crippen molar-refractivity contribution in [1.29, 1.82) is 5.26 Å². The van der Waals surface area contributed by atoms with Crippen LogP contribution in [0.5, 0.6) is 0 Å². The number of dihydropyridines is 1. The monoisotopic (exact) mass is 584 g/mol. The molecule has 0 saturated heterocycles. The van der Waals surface area contributed by atoms with Gasteiger partial charge in [0.25, 0.3) is 5.91 Å². The van der Waals surface area contributed by atoms with Crippen molar-refractivity contribution < 1.29 is 14.0 Å². The second-order valence-corrected chi connectivity index (χ2v) is 11.8. The first-order valence-corrected chi connectivity index (χ1v) is 14.7. The van der Waals surface area contributed by atoms with Gasteiger partial charge in [0, 0.05) is 5.70 Å². The van der Waals surface area contributed by atoms with Crippen LogP contribution in [0.25, 0.3) is 20.4 Å². The molecule has 12 heteroatoms. The Morgan fingerprint density at radius 3 is 2.25 bits per heavy atom. The molecule has 5 aromatic rings. The van der Waals surface area contributed by atoms with Gasteiger partial charge in [0.2, 0.25) is 5.91 Å². The van der Waals surface area contributed by atoms with Crippen molar-refractivity contribution in [3.05, 3.63) is 94.6 Å². The van der Waals surface area contributed by atoms with Crippen LogP contribution in [0.1, 0.15) is 18.6 Å². The van der Waals surface area contributed by atoms with Crippen molar-refractivity contribution in [2.45, 2.75) is 12.8 Å². The largest absolute Gasteiger partial charge is 0.468 e. The topological polar surface area (TPSA) is 133 Å². The molecular formula is C28H20N6O3S3. The Morgan fingerprint density at radius 1 is 1.00 bits per heavy atom. The van der Waals surface area contributed by atoms with Crippen molar-refractivity contribution in [2.75, 3.05) is 16.4 Å². The van der Waals surface area contributed by atoms with E-state index < -0.39 is 11.8 Å². The quantitative estimate of drug-likeness (QED) is 0.206. The van der Waals surface area contributed by atoms with Gasteiger partial charge in [-0.3, -0.25) is 14.9 Å². The number of para-hydroxylation sites is 2. The fraction of sp³-hybridized carbons (Fsp3) is 0.107. The Kier molecular flexibility index (Phi) is 7.08. The molecule has 6 rings (SSSR count). The number of anilines is 2. The number of thioether (sulfide) groups is 1. The number of rotatable bonds is 7. The van der Waals surface area contributed by atoms with Gasteiger partial charge in [-0.2, -0.15) is 5.26 Å². The first kappa shape index (κ1) is 25.8. The van der Waals surface area contributed by atoms with Gasteiger partial charge in [0.05, 0.1) is 60.6 Å². The number of allylic oxidation sites excluding steroid dienone is 2.